The Bertz CT molecular complexity index is 291. The van der Waals surface area contributed by atoms with Gasteiger partial charge in [-0.2, -0.15) is 5.10 Å². The minimum Gasteiger partial charge on any atom is -0.444 e. The van der Waals surface area contributed by atoms with Crippen molar-refractivity contribution in [2.24, 2.45) is 22.6 Å². The molecule has 92 valence electrons. The number of nitrogens with zero attached hydrogens (tertiary/aromatic N) is 2. The Hall–Kier alpha value is -1.50. The number of hydrazine groups is 1. The first-order valence-corrected chi connectivity index (χ1v) is 5.10. The van der Waals surface area contributed by atoms with Gasteiger partial charge in [-0.15, -0.1) is 0 Å². The molecule has 0 saturated carbocycles. The minimum absolute atomic E-state index is 0.0589. The molecule has 1 saturated heterocycles. The van der Waals surface area contributed by atoms with Crippen LogP contribution < -0.4 is 17.1 Å². The maximum Gasteiger partial charge on any atom is 0.410 e. The third-order valence-corrected chi connectivity index (χ3v) is 2.15. The summed E-state index contributed by atoms with van der Waals surface area (Å²) in [5.74, 6) is 5.46. The first kappa shape index (κ1) is 12.6. The first-order valence-electron chi connectivity index (χ1n) is 5.10. The molecule has 0 unspecified atom stereocenters. The molecule has 0 atom stereocenters. The van der Waals surface area contributed by atoms with Crippen molar-refractivity contribution in [1.29, 1.82) is 0 Å². The van der Waals surface area contributed by atoms with Gasteiger partial charge in [0, 0.05) is 13.1 Å². The number of rotatable bonds is 2. The van der Waals surface area contributed by atoms with Crippen molar-refractivity contribution in [1.82, 2.24) is 10.4 Å². The molecule has 5 N–H and O–H groups in total. The number of hydrogen-bond acceptors (Lipinski definition) is 5. The molecule has 1 heterocycles. The zero-order chi connectivity index (χ0) is 12.3. The molecular weight excluding hydrogens is 210 g/mol. The quantitative estimate of drug-likeness (QED) is 0.258. The number of ether oxygens (including phenoxy) is 1. The summed E-state index contributed by atoms with van der Waals surface area (Å²) >= 11 is 0. The fourth-order valence-corrected chi connectivity index (χ4v) is 1.31. The normalized spacial score (nSPS) is 18.0. The van der Waals surface area contributed by atoms with Crippen molar-refractivity contribution >= 4 is 11.9 Å². The lowest BCUT2D eigenvalue weighted by atomic mass is 10.00. The number of nitrogens with one attached hydrogen (secondary N) is 1. The number of hydrogen-bond donors (Lipinski definition) is 3. The molecule has 1 rings (SSSR count). The van der Waals surface area contributed by atoms with Crippen molar-refractivity contribution in [2.45, 2.75) is 26.4 Å². The van der Waals surface area contributed by atoms with Crippen LogP contribution in [0.25, 0.3) is 0 Å². The molecule has 1 aliphatic heterocycles. The fourth-order valence-electron chi connectivity index (χ4n) is 1.31. The zero-order valence-corrected chi connectivity index (χ0v) is 9.86. The van der Waals surface area contributed by atoms with E-state index in [4.69, 9.17) is 16.3 Å². The summed E-state index contributed by atoms with van der Waals surface area (Å²) in [5, 5.41) is 3.66. The summed E-state index contributed by atoms with van der Waals surface area (Å²) in [6.45, 7) is 6.53. The molecule has 1 aliphatic rings. The Balaban J connectivity index is 2.36. The van der Waals surface area contributed by atoms with E-state index in [1.165, 1.54) is 0 Å². The average Bonchev–Trinajstić information content (AvgIpc) is 1.97. The molecule has 0 aliphatic carbocycles. The highest BCUT2D eigenvalue weighted by molar-refractivity contribution is 5.85. The van der Waals surface area contributed by atoms with Crippen LogP contribution in [-0.4, -0.2) is 35.5 Å². The molecule has 1 fully saturated rings. The van der Waals surface area contributed by atoms with Gasteiger partial charge in [0.25, 0.3) is 0 Å². The lowest BCUT2D eigenvalue weighted by Crippen LogP contribution is -2.56. The topological polar surface area (TPSA) is 106 Å². The molecule has 0 aromatic carbocycles. The third-order valence-electron chi connectivity index (χ3n) is 2.15. The number of nitrogens with two attached hydrogens (primary N) is 2. The van der Waals surface area contributed by atoms with Gasteiger partial charge in [-0.25, -0.2) is 16.2 Å². The molecular formula is C9H19N5O2. The van der Waals surface area contributed by atoms with E-state index in [-0.39, 0.29) is 12.0 Å². The molecule has 0 aromatic heterocycles. The predicted molar refractivity (Wildman–Crippen MR) is 60.2 cm³/mol. The van der Waals surface area contributed by atoms with Crippen LogP contribution in [0.15, 0.2) is 5.10 Å². The monoisotopic (exact) mass is 229 g/mol. The molecule has 16 heavy (non-hydrogen) atoms. The number of amidine groups is 1. The maximum absolute atomic E-state index is 11.5. The van der Waals surface area contributed by atoms with Crippen molar-refractivity contribution < 1.29 is 9.53 Å². The van der Waals surface area contributed by atoms with Gasteiger partial charge >= 0.3 is 6.09 Å². The van der Waals surface area contributed by atoms with Gasteiger partial charge in [0.1, 0.15) is 11.4 Å². The van der Waals surface area contributed by atoms with E-state index in [0.717, 1.165) is 0 Å². The van der Waals surface area contributed by atoms with E-state index < -0.39 is 5.60 Å². The number of amides is 1. The number of hydrazone groups is 1. The molecule has 0 spiro atoms. The highest BCUT2D eigenvalue weighted by Crippen LogP contribution is 2.19. The Kier molecular flexibility index (Phi) is 3.58. The van der Waals surface area contributed by atoms with Gasteiger partial charge in [-0.1, -0.05) is 0 Å². The van der Waals surface area contributed by atoms with Gasteiger partial charge < -0.3 is 15.4 Å². The highest BCUT2D eigenvalue weighted by atomic mass is 16.6. The van der Waals surface area contributed by atoms with Crippen LogP contribution in [0.5, 0.6) is 0 Å². The average molecular weight is 229 g/mol. The summed E-state index contributed by atoms with van der Waals surface area (Å²) in [5.41, 5.74) is 7.26. The SMILES string of the molecule is CC(C)(C)OC(=O)N1CC(/C(N)=N/NN)C1. The summed E-state index contributed by atoms with van der Waals surface area (Å²) in [6.07, 6.45) is -0.322. The molecule has 7 heteroatoms. The van der Waals surface area contributed by atoms with Crippen LogP contribution in [0, 0.1) is 5.92 Å². The second-order valence-electron chi connectivity index (χ2n) is 4.75. The first-order chi connectivity index (χ1) is 7.33. The smallest absolute Gasteiger partial charge is 0.410 e. The number of carbonyl (C=O) groups excluding carboxylic acids is 1. The van der Waals surface area contributed by atoms with Gasteiger partial charge in [-0.3, -0.25) is 0 Å². The summed E-state index contributed by atoms with van der Waals surface area (Å²) < 4.78 is 5.20. The van der Waals surface area contributed by atoms with Crippen LogP contribution in [0.4, 0.5) is 4.79 Å². The van der Waals surface area contributed by atoms with Gasteiger partial charge in [-0.05, 0) is 20.8 Å². The molecule has 0 bridgehead atoms. The Morgan fingerprint density at radius 1 is 1.50 bits per heavy atom. The number of likely N-dealkylation sites (tertiary alicyclic amines) is 1. The molecule has 1 amide bonds. The largest absolute Gasteiger partial charge is 0.444 e. The molecule has 0 radical (unpaired) electrons. The van der Waals surface area contributed by atoms with E-state index in [9.17, 15) is 4.79 Å². The molecule has 0 aromatic rings. The standard InChI is InChI=1S/C9H19N5O2/c1-9(2,3)16-8(15)14-4-6(5-14)7(10)12-13-11/h6,13H,4-5,11H2,1-3H3,(H2,10,12). The zero-order valence-electron chi connectivity index (χ0n) is 9.86. The summed E-state index contributed by atoms with van der Waals surface area (Å²) in [4.78, 5) is 13.1. The second-order valence-corrected chi connectivity index (χ2v) is 4.75. The minimum atomic E-state index is -0.472. The lowest BCUT2D eigenvalue weighted by molar-refractivity contribution is 0.00680. The van der Waals surface area contributed by atoms with Crippen molar-refractivity contribution in [3.05, 3.63) is 0 Å². The second kappa shape index (κ2) is 4.56. The van der Waals surface area contributed by atoms with E-state index in [0.29, 0.717) is 18.9 Å². The van der Waals surface area contributed by atoms with Crippen LogP contribution >= 0.6 is 0 Å². The van der Waals surface area contributed by atoms with Crippen LogP contribution in [-0.2, 0) is 4.74 Å². The van der Waals surface area contributed by atoms with E-state index in [2.05, 4.69) is 10.6 Å². The third kappa shape index (κ3) is 3.27. The van der Waals surface area contributed by atoms with Gasteiger partial charge in [0.2, 0.25) is 0 Å². The predicted octanol–water partition coefficient (Wildman–Crippen LogP) is -0.411. The molecule has 7 nitrogen and oxygen atoms in total. The Labute approximate surface area is 94.8 Å². The van der Waals surface area contributed by atoms with Crippen molar-refractivity contribution in [2.75, 3.05) is 13.1 Å². The fraction of sp³-hybridized carbons (Fsp3) is 0.778. The van der Waals surface area contributed by atoms with E-state index >= 15 is 0 Å². The summed E-state index contributed by atoms with van der Waals surface area (Å²) in [7, 11) is 0. The van der Waals surface area contributed by atoms with E-state index in [1.54, 1.807) is 4.90 Å². The van der Waals surface area contributed by atoms with Crippen molar-refractivity contribution in [3.8, 4) is 0 Å². The highest BCUT2D eigenvalue weighted by Gasteiger charge is 2.35. The number of carbonyl (C=O) groups is 1. The van der Waals surface area contributed by atoms with Crippen LogP contribution in [0.1, 0.15) is 20.8 Å². The van der Waals surface area contributed by atoms with Gasteiger partial charge in [0.05, 0.1) is 5.92 Å². The summed E-state index contributed by atoms with van der Waals surface area (Å²) in [6, 6.07) is 0. The van der Waals surface area contributed by atoms with Crippen molar-refractivity contribution in [3.63, 3.8) is 0 Å². The van der Waals surface area contributed by atoms with Crippen LogP contribution in [0.3, 0.4) is 0 Å². The maximum atomic E-state index is 11.5. The lowest BCUT2D eigenvalue weighted by Gasteiger charge is -2.39. The Morgan fingerprint density at radius 2 is 2.06 bits per heavy atom. The van der Waals surface area contributed by atoms with Crippen LogP contribution in [0.2, 0.25) is 0 Å². The Morgan fingerprint density at radius 3 is 2.50 bits per heavy atom. The van der Waals surface area contributed by atoms with Gasteiger partial charge in [0.15, 0.2) is 0 Å². The van der Waals surface area contributed by atoms with E-state index in [1.807, 2.05) is 20.8 Å².